The first-order chi connectivity index (χ1) is 16.0. The Hall–Kier alpha value is -4.25. The molecule has 0 aliphatic carbocycles. The van der Waals surface area contributed by atoms with Crippen molar-refractivity contribution < 1.29 is 9.66 Å². The Morgan fingerprint density at radius 1 is 1.09 bits per heavy atom. The first kappa shape index (κ1) is 22.0. The zero-order valence-corrected chi connectivity index (χ0v) is 18.2. The summed E-state index contributed by atoms with van der Waals surface area (Å²) in [5.41, 5.74) is 2.01. The number of hydrogen-bond donors (Lipinski definition) is 3. The highest BCUT2D eigenvalue weighted by atomic mass is 35.5. The molecule has 0 saturated carbocycles. The molecule has 168 valence electrons. The first-order valence-corrected chi connectivity index (χ1v) is 10.2. The van der Waals surface area contributed by atoms with Crippen molar-refractivity contribution in [3.63, 3.8) is 0 Å². The van der Waals surface area contributed by atoms with Gasteiger partial charge in [0.25, 0.3) is 5.69 Å². The van der Waals surface area contributed by atoms with Gasteiger partial charge in [0.2, 0.25) is 5.95 Å². The first-order valence-electron chi connectivity index (χ1n) is 9.84. The van der Waals surface area contributed by atoms with Crippen molar-refractivity contribution in [2.45, 2.75) is 0 Å². The zero-order chi connectivity index (χ0) is 23.2. The van der Waals surface area contributed by atoms with Crippen LogP contribution in [-0.2, 0) is 0 Å². The van der Waals surface area contributed by atoms with Crippen molar-refractivity contribution >= 4 is 29.1 Å². The van der Waals surface area contributed by atoms with E-state index in [1.54, 1.807) is 43.9 Å². The Morgan fingerprint density at radius 3 is 2.64 bits per heavy atom. The molecule has 0 radical (unpaired) electrons. The van der Waals surface area contributed by atoms with Crippen LogP contribution in [0, 0.1) is 10.1 Å². The summed E-state index contributed by atoms with van der Waals surface area (Å²) in [7, 11) is 1.57. The molecule has 4 rings (SSSR count). The quantitative estimate of drug-likeness (QED) is 0.189. The number of nitrogens with one attached hydrogen (secondary N) is 3. The Bertz CT molecular complexity index is 1250. The van der Waals surface area contributed by atoms with Crippen LogP contribution in [0.3, 0.4) is 0 Å². The Morgan fingerprint density at radius 2 is 1.94 bits per heavy atom. The van der Waals surface area contributed by atoms with Crippen molar-refractivity contribution in [3.8, 4) is 28.4 Å². The molecule has 11 nitrogen and oxygen atoms in total. The molecule has 0 bridgehead atoms. The van der Waals surface area contributed by atoms with E-state index in [0.717, 1.165) is 5.56 Å². The van der Waals surface area contributed by atoms with Crippen LogP contribution < -0.4 is 15.4 Å². The molecule has 0 saturated heterocycles. The second kappa shape index (κ2) is 9.92. The van der Waals surface area contributed by atoms with Crippen LogP contribution in [0.1, 0.15) is 0 Å². The SMILES string of the molecule is COc1cc(Cl)ccc1-c1nc(NCCNc2ccc([N+](=O)[O-])cn2)ncc1-c1ncc[nH]1. The molecule has 0 aliphatic heterocycles. The van der Waals surface area contributed by atoms with Crippen molar-refractivity contribution in [1.82, 2.24) is 24.9 Å². The number of nitrogens with zero attached hydrogens (tertiary/aromatic N) is 5. The van der Waals surface area contributed by atoms with Gasteiger partial charge in [-0.1, -0.05) is 11.6 Å². The number of hydrogen-bond acceptors (Lipinski definition) is 9. The van der Waals surface area contributed by atoms with Gasteiger partial charge in [0.15, 0.2) is 0 Å². The molecule has 1 aromatic carbocycles. The number of halogens is 1. The highest BCUT2D eigenvalue weighted by Gasteiger charge is 2.17. The van der Waals surface area contributed by atoms with Gasteiger partial charge in [0.05, 0.1) is 23.3 Å². The Kier molecular flexibility index (Phi) is 6.60. The number of aromatic amines is 1. The third-order valence-corrected chi connectivity index (χ3v) is 4.87. The molecule has 12 heteroatoms. The molecule has 0 fully saturated rings. The molecule has 0 aliphatic rings. The summed E-state index contributed by atoms with van der Waals surface area (Å²) in [5, 5.41) is 17.5. The highest BCUT2D eigenvalue weighted by Crippen LogP contribution is 2.36. The molecule has 3 N–H and O–H groups in total. The summed E-state index contributed by atoms with van der Waals surface area (Å²) in [6.45, 7) is 0.976. The lowest BCUT2D eigenvalue weighted by molar-refractivity contribution is -0.385. The number of rotatable bonds is 9. The lowest BCUT2D eigenvalue weighted by Gasteiger charge is -2.13. The average Bonchev–Trinajstić information content (AvgIpc) is 3.37. The fourth-order valence-corrected chi connectivity index (χ4v) is 3.24. The molecule has 4 aromatic rings. The van der Waals surface area contributed by atoms with Crippen molar-refractivity contribution in [3.05, 3.63) is 70.3 Å². The highest BCUT2D eigenvalue weighted by molar-refractivity contribution is 6.30. The number of aromatic nitrogens is 5. The van der Waals surface area contributed by atoms with E-state index in [2.05, 4.69) is 35.6 Å². The summed E-state index contributed by atoms with van der Waals surface area (Å²) in [6.07, 6.45) is 6.27. The van der Waals surface area contributed by atoms with E-state index in [0.29, 0.717) is 52.7 Å². The minimum absolute atomic E-state index is 0.0612. The maximum atomic E-state index is 10.7. The van der Waals surface area contributed by atoms with Crippen LogP contribution in [0.15, 0.2) is 55.1 Å². The van der Waals surface area contributed by atoms with Crippen LogP contribution in [-0.4, -0.2) is 50.0 Å². The summed E-state index contributed by atoms with van der Waals surface area (Å²) < 4.78 is 5.51. The van der Waals surface area contributed by atoms with Crippen LogP contribution in [0.2, 0.25) is 5.02 Å². The Labute approximate surface area is 193 Å². The molecule has 0 unspecified atom stereocenters. The van der Waals surface area contributed by atoms with Crippen molar-refractivity contribution in [2.75, 3.05) is 30.8 Å². The second-order valence-corrected chi connectivity index (χ2v) is 7.19. The van der Waals surface area contributed by atoms with Crippen molar-refractivity contribution in [1.29, 1.82) is 0 Å². The topological polar surface area (TPSA) is 144 Å². The third kappa shape index (κ3) is 5.15. The Balaban J connectivity index is 1.51. The zero-order valence-electron chi connectivity index (χ0n) is 17.4. The van der Waals surface area contributed by atoms with E-state index >= 15 is 0 Å². The van der Waals surface area contributed by atoms with Crippen LogP contribution in [0.25, 0.3) is 22.6 Å². The summed E-state index contributed by atoms with van der Waals surface area (Å²) in [6, 6.07) is 8.27. The number of nitro groups is 1. The fourth-order valence-electron chi connectivity index (χ4n) is 3.08. The molecule has 0 atom stereocenters. The predicted molar refractivity (Wildman–Crippen MR) is 124 cm³/mol. The number of ether oxygens (including phenoxy) is 1. The third-order valence-electron chi connectivity index (χ3n) is 4.63. The largest absolute Gasteiger partial charge is 0.496 e. The lowest BCUT2D eigenvalue weighted by Crippen LogP contribution is -2.16. The van der Waals surface area contributed by atoms with Crippen molar-refractivity contribution in [2.24, 2.45) is 0 Å². The number of pyridine rings is 1. The lowest BCUT2D eigenvalue weighted by atomic mass is 10.1. The van der Waals surface area contributed by atoms with Crippen LogP contribution in [0.5, 0.6) is 5.75 Å². The molecule has 33 heavy (non-hydrogen) atoms. The molecular weight excluding hydrogens is 448 g/mol. The smallest absolute Gasteiger partial charge is 0.287 e. The molecule has 3 aromatic heterocycles. The maximum absolute atomic E-state index is 10.7. The summed E-state index contributed by atoms with van der Waals surface area (Å²) in [4.78, 5) is 30.7. The minimum atomic E-state index is -0.491. The van der Waals surface area contributed by atoms with E-state index in [9.17, 15) is 10.1 Å². The second-order valence-electron chi connectivity index (χ2n) is 6.75. The van der Waals surface area contributed by atoms with Gasteiger partial charge in [-0.25, -0.2) is 19.9 Å². The van der Waals surface area contributed by atoms with Gasteiger partial charge >= 0.3 is 0 Å². The van der Waals surface area contributed by atoms with Gasteiger partial charge in [-0.3, -0.25) is 10.1 Å². The van der Waals surface area contributed by atoms with Gasteiger partial charge < -0.3 is 20.4 Å². The monoisotopic (exact) mass is 466 g/mol. The van der Waals surface area contributed by atoms with E-state index < -0.39 is 4.92 Å². The van der Waals surface area contributed by atoms with E-state index in [4.69, 9.17) is 16.3 Å². The van der Waals surface area contributed by atoms with Gasteiger partial charge in [-0.15, -0.1) is 0 Å². The number of benzene rings is 1. The summed E-state index contributed by atoms with van der Waals surface area (Å²) >= 11 is 6.12. The van der Waals surface area contributed by atoms with Gasteiger partial charge in [-0.05, 0) is 24.3 Å². The molecular formula is C21H19ClN8O3. The van der Waals surface area contributed by atoms with E-state index in [-0.39, 0.29) is 5.69 Å². The minimum Gasteiger partial charge on any atom is -0.496 e. The van der Waals surface area contributed by atoms with Gasteiger partial charge in [-0.2, -0.15) is 0 Å². The molecule has 3 heterocycles. The number of anilines is 2. The molecule has 0 spiro atoms. The number of methoxy groups -OCH3 is 1. The normalized spacial score (nSPS) is 10.6. The van der Waals surface area contributed by atoms with E-state index in [1.165, 1.54) is 12.3 Å². The van der Waals surface area contributed by atoms with Gasteiger partial charge in [0, 0.05) is 48.3 Å². The average molecular weight is 467 g/mol. The predicted octanol–water partition coefficient (Wildman–Crippen LogP) is 4.02. The standard InChI is InChI=1S/C21H19ClN8O3/c1-33-17-10-13(22)2-4-15(17)19-16(20-24-7-8-25-20)12-28-21(29-19)26-9-6-23-18-5-3-14(11-27-18)30(31)32/h2-5,7-8,10-12H,6,9H2,1H3,(H,23,27)(H,24,25)(H,26,28,29). The van der Waals surface area contributed by atoms with Crippen LogP contribution >= 0.6 is 11.6 Å². The number of imidazole rings is 1. The fraction of sp³-hybridized carbons (Fsp3) is 0.143. The number of H-pyrrole nitrogens is 1. The summed E-state index contributed by atoms with van der Waals surface area (Å²) in [5.74, 6) is 2.14. The van der Waals surface area contributed by atoms with E-state index in [1.807, 2.05) is 6.07 Å². The van der Waals surface area contributed by atoms with Crippen LogP contribution in [0.4, 0.5) is 17.5 Å². The van der Waals surface area contributed by atoms with Gasteiger partial charge in [0.1, 0.15) is 23.6 Å². The maximum Gasteiger partial charge on any atom is 0.287 e. The molecule has 0 amide bonds.